The van der Waals surface area contributed by atoms with Crippen molar-refractivity contribution in [2.75, 3.05) is 13.6 Å². The molecule has 0 aromatic carbocycles. The average molecular weight is 383 g/mol. The summed E-state index contributed by atoms with van der Waals surface area (Å²) in [5.74, 6) is 0. The van der Waals surface area contributed by atoms with E-state index < -0.39 is 5.60 Å². The maximum Gasteiger partial charge on any atom is 0.140 e. The van der Waals surface area contributed by atoms with Gasteiger partial charge in [0.1, 0.15) is 11.2 Å². The van der Waals surface area contributed by atoms with Crippen LogP contribution in [0, 0.1) is 6.92 Å². The fourth-order valence-corrected chi connectivity index (χ4v) is 4.86. The Balaban J connectivity index is 1.65. The van der Waals surface area contributed by atoms with E-state index in [2.05, 4.69) is 26.5 Å². The Morgan fingerprint density at radius 1 is 1.30 bits per heavy atom. The zero-order valence-corrected chi connectivity index (χ0v) is 16.4. The molecule has 27 heavy (non-hydrogen) atoms. The summed E-state index contributed by atoms with van der Waals surface area (Å²) in [4.78, 5) is 11.6. The van der Waals surface area contributed by atoms with Crippen molar-refractivity contribution >= 4 is 22.6 Å². The van der Waals surface area contributed by atoms with Crippen molar-refractivity contribution < 1.29 is 5.11 Å². The fourth-order valence-electron chi connectivity index (χ4n) is 4.70. The van der Waals surface area contributed by atoms with E-state index in [-0.39, 0.29) is 0 Å². The van der Waals surface area contributed by atoms with E-state index in [1.807, 2.05) is 25.1 Å². The van der Waals surface area contributed by atoms with Crippen LogP contribution in [-0.4, -0.2) is 38.1 Å². The molecule has 4 heterocycles. The van der Waals surface area contributed by atoms with Crippen molar-refractivity contribution in [3.05, 3.63) is 57.6 Å². The molecule has 3 aromatic heterocycles. The van der Waals surface area contributed by atoms with Gasteiger partial charge < -0.3 is 14.6 Å². The number of nitrogens with zero attached hydrogens (tertiary/aromatic N) is 4. The fraction of sp³-hybridized carbons (Fsp3) is 0.429. The zero-order valence-electron chi connectivity index (χ0n) is 15.7. The zero-order chi connectivity index (χ0) is 18.8. The van der Waals surface area contributed by atoms with Gasteiger partial charge in [-0.2, -0.15) is 0 Å². The van der Waals surface area contributed by atoms with E-state index in [9.17, 15) is 5.11 Å². The molecule has 2 aliphatic rings. The number of halogens is 1. The highest BCUT2D eigenvalue weighted by molar-refractivity contribution is 6.31. The summed E-state index contributed by atoms with van der Waals surface area (Å²) >= 11 is 6.24. The standard InChI is InChI=1S/C21H23ClN4O/c1-13-3-4-17-18(24-13)5-7-21(17,27)12-26-19-6-8-25(2)11-16(19)15-9-14(22)10-23-20(15)26/h3-4,9-10,27H,5-8,11-12H2,1-2H3. The van der Waals surface area contributed by atoms with E-state index >= 15 is 0 Å². The Bertz CT molecular complexity index is 1060. The third-order valence-corrected chi connectivity index (χ3v) is 6.26. The number of aromatic nitrogens is 3. The van der Waals surface area contributed by atoms with Gasteiger partial charge in [-0.05, 0) is 44.5 Å². The lowest BCUT2D eigenvalue weighted by Gasteiger charge is -2.28. The first-order valence-electron chi connectivity index (χ1n) is 9.48. The summed E-state index contributed by atoms with van der Waals surface area (Å²) in [5, 5.41) is 13.3. The lowest BCUT2D eigenvalue weighted by Crippen LogP contribution is -2.32. The van der Waals surface area contributed by atoms with Gasteiger partial charge in [0, 0.05) is 53.7 Å². The molecule has 3 aromatic rings. The van der Waals surface area contributed by atoms with Crippen molar-refractivity contribution in [1.29, 1.82) is 0 Å². The van der Waals surface area contributed by atoms with Crippen LogP contribution in [0.1, 0.15) is 34.6 Å². The molecular weight excluding hydrogens is 360 g/mol. The van der Waals surface area contributed by atoms with E-state index in [0.29, 0.717) is 18.0 Å². The summed E-state index contributed by atoms with van der Waals surface area (Å²) in [5.41, 5.74) is 5.57. The summed E-state index contributed by atoms with van der Waals surface area (Å²) < 4.78 is 2.23. The molecule has 1 aliphatic heterocycles. The highest BCUT2D eigenvalue weighted by Gasteiger charge is 2.39. The Morgan fingerprint density at radius 3 is 3.00 bits per heavy atom. The van der Waals surface area contributed by atoms with Gasteiger partial charge in [-0.1, -0.05) is 17.7 Å². The minimum Gasteiger partial charge on any atom is -0.383 e. The van der Waals surface area contributed by atoms with Crippen LogP contribution in [0.5, 0.6) is 0 Å². The first kappa shape index (κ1) is 17.2. The highest BCUT2D eigenvalue weighted by atomic mass is 35.5. The van der Waals surface area contributed by atoms with Gasteiger partial charge in [0.2, 0.25) is 0 Å². The van der Waals surface area contributed by atoms with Crippen LogP contribution in [0.15, 0.2) is 24.4 Å². The Morgan fingerprint density at radius 2 is 2.15 bits per heavy atom. The van der Waals surface area contributed by atoms with Crippen molar-refractivity contribution in [1.82, 2.24) is 19.4 Å². The maximum absolute atomic E-state index is 11.5. The largest absolute Gasteiger partial charge is 0.383 e. The molecule has 0 saturated carbocycles. The third-order valence-electron chi connectivity index (χ3n) is 6.06. The normalized spacial score (nSPS) is 22.2. The van der Waals surface area contributed by atoms with E-state index in [1.54, 1.807) is 6.20 Å². The van der Waals surface area contributed by atoms with Crippen molar-refractivity contribution in [2.24, 2.45) is 0 Å². The SMILES string of the molecule is Cc1ccc2c(n1)CCC2(O)Cn1c2c(c3cc(Cl)cnc31)CN(C)CC2. The lowest BCUT2D eigenvalue weighted by molar-refractivity contribution is 0.0204. The molecule has 140 valence electrons. The predicted octanol–water partition coefficient (Wildman–Crippen LogP) is 3.22. The van der Waals surface area contributed by atoms with E-state index in [0.717, 1.165) is 53.9 Å². The first-order valence-corrected chi connectivity index (χ1v) is 9.86. The minimum absolute atomic E-state index is 0.509. The molecule has 0 fully saturated rings. The lowest BCUT2D eigenvalue weighted by atomic mass is 9.96. The molecule has 0 spiro atoms. The summed E-state index contributed by atoms with van der Waals surface area (Å²) in [7, 11) is 2.14. The van der Waals surface area contributed by atoms with Crippen LogP contribution in [-0.2, 0) is 31.5 Å². The number of likely N-dealkylation sites (N-methyl/N-ethyl adjacent to an activating group) is 1. The van der Waals surface area contributed by atoms with Crippen LogP contribution in [0.2, 0.25) is 5.02 Å². The number of rotatable bonds is 2. The van der Waals surface area contributed by atoms with Gasteiger partial charge in [-0.25, -0.2) is 4.98 Å². The molecular formula is C21H23ClN4O. The van der Waals surface area contributed by atoms with Crippen molar-refractivity contribution in [2.45, 2.75) is 44.9 Å². The third kappa shape index (κ3) is 2.68. The first-order chi connectivity index (χ1) is 12.9. The maximum atomic E-state index is 11.5. The quantitative estimate of drug-likeness (QED) is 0.739. The van der Waals surface area contributed by atoms with Crippen LogP contribution >= 0.6 is 11.6 Å². The van der Waals surface area contributed by atoms with Gasteiger partial charge >= 0.3 is 0 Å². The molecule has 6 heteroatoms. The van der Waals surface area contributed by atoms with E-state index in [1.165, 1.54) is 11.3 Å². The molecule has 1 unspecified atom stereocenters. The van der Waals surface area contributed by atoms with Crippen LogP contribution in [0.3, 0.4) is 0 Å². The van der Waals surface area contributed by atoms with E-state index in [4.69, 9.17) is 11.6 Å². The number of pyridine rings is 2. The monoisotopic (exact) mass is 382 g/mol. The molecule has 0 amide bonds. The predicted molar refractivity (Wildman–Crippen MR) is 106 cm³/mol. The molecule has 0 bridgehead atoms. The number of hydrogen-bond donors (Lipinski definition) is 1. The van der Waals surface area contributed by atoms with Crippen LogP contribution in [0.25, 0.3) is 11.0 Å². The number of hydrogen-bond acceptors (Lipinski definition) is 4. The molecule has 5 nitrogen and oxygen atoms in total. The Kier molecular flexibility index (Phi) is 3.83. The second kappa shape index (κ2) is 6.03. The average Bonchev–Trinajstić information content (AvgIpc) is 3.10. The van der Waals surface area contributed by atoms with Gasteiger partial charge in [-0.3, -0.25) is 4.98 Å². The number of aryl methyl sites for hydroxylation is 2. The summed E-state index contributed by atoms with van der Waals surface area (Å²) in [6, 6.07) is 6.04. The molecule has 1 atom stereocenters. The smallest absolute Gasteiger partial charge is 0.140 e. The van der Waals surface area contributed by atoms with Gasteiger partial charge in [0.15, 0.2) is 0 Å². The number of fused-ring (bicyclic) bond motifs is 4. The summed E-state index contributed by atoms with van der Waals surface area (Å²) in [6.45, 7) is 4.40. The van der Waals surface area contributed by atoms with Gasteiger partial charge in [-0.15, -0.1) is 0 Å². The Hall–Kier alpha value is -1.95. The van der Waals surface area contributed by atoms with Crippen LogP contribution in [0.4, 0.5) is 0 Å². The molecule has 0 radical (unpaired) electrons. The molecule has 1 N–H and O–H groups in total. The van der Waals surface area contributed by atoms with Crippen LogP contribution < -0.4 is 0 Å². The second-order valence-electron chi connectivity index (χ2n) is 8.00. The van der Waals surface area contributed by atoms with Gasteiger partial charge in [0.05, 0.1) is 11.6 Å². The van der Waals surface area contributed by atoms with Crippen molar-refractivity contribution in [3.63, 3.8) is 0 Å². The Labute approximate surface area is 163 Å². The molecule has 5 rings (SSSR count). The minimum atomic E-state index is -0.902. The molecule has 1 aliphatic carbocycles. The second-order valence-corrected chi connectivity index (χ2v) is 8.44. The summed E-state index contributed by atoms with van der Waals surface area (Å²) in [6.07, 6.45) is 4.17. The highest BCUT2D eigenvalue weighted by Crippen LogP contribution is 2.40. The molecule has 0 saturated heterocycles. The van der Waals surface area contributed by atoms with Gasteiger partial charge in [0.25, 0.3) is 0 Å². The van der Waals surface area contributed by atoms with Crippen molar-refractivity contribution in [3.8, 4) is 0 Å². The number of aliphatic hydroxyl groups is 1. The topological polar surface area (TPSA) is 54.2 Å².